The Hall–Kier alpha value is -2.47. The summed E-state index contributed by atoms with van der Waals surface area (Å²) < 4.78 is 12.0. The largest absolute Gasteiger partial charge is 0.478 e. The third kappa shape index (κ3) is 2.32. The number of fused-ring (bicyclic) bond motifs is 4. The van der Waals surface area contributed by atoms with E-state index in [1.54, 1.807) is 12.1 Å². The molecule has 3 atom stereocenters. The summed E-state index contributed by atoms with van der Waals surface area (Å²) >= 11 is 3.68. The van der Waals surface area contributed by atoms with Crippen LogP contribution in [0.5, 0.6) is 11.5 Å². The third-order valence-corrected chi connectivity index (χ3v) is 6.12. The van der Waals surface area contributed by atoms with Crippen LogP contribution in [0.1, 0.15) is 39.9 Å². The van der Waals surface area contributed by atoms with Crippen molar-refractivity contribution in [2.45, 2.75) is 18.4 Å². The van der Waals surface area contributed by atoms with Gasteiger partial charge in [0.25, 0.3) is 0 Å². The van der Waals surface area contributed by atoms with Gasteiger partial charge in [0.1, 0.15) is 0 Å². The Morgan fingerprint density at radius 3 is 2.77 bits per heavy atom. The molecule has 132 valence electrons. The van der Waals surface area contributed by atoms with Crippen molar-refractivity contribution in [3.63, 3.8) is 0 Å². The molecule has 26 heavy (non-hydrogen) atoms. The van der Waals surface area contributed by atoms with Gasteiger partial charge in [-0.1, -0.05) is 28.1 Å². The minimum atomic E-state index is -0.896. The van der Waals surface area contributed by atoms with E-state index in [1.165, 1.54) is 0 Å². The van der Waals surface area contributed by atoms with E-state index in [9.17, 15) is 9.90 Å². The van der Waals surface area contributed by atoms with Crippen molar-refractivity contribution < 1.29 is 19.4 Å². The van der Waals surface area contributed by atoms with E-state index in [2.05, 4.69) is 33.4 Å². The molecule has 5 rings (SSSR count). The standard InChI is InChI=1S/C20H16BrNO4/c21-15-8-18-17(25-9-26-18)7-14(15)19-12-3-1-2-11(12)13-6-10(20(23)24)4-5-16(13)22-19/h1-2,4-8,11-12,19,22H,3,9H2,(H,23,24)/t11-,12+,19-/m1/s1. The predicted molar refractivity (Wildman–Crippen MR) is 100 cm³/mol. The Morgan fingerprint density at radius 1 is 1.15 bits per heavy atom. The smallest absolute Gasteiger partial charge is 0.335 e. The van der Waals surface area contributed by atoms with Gasteiger partial charge in [-0.3, -0.25) is 0 Å². The molecule has 2 heterocycles. The summed E-state index contributed by atoms with van der Waals surface area (Å²) in [5.74, 6) is 1.15. The number of anilines is 1. The zero-order chi connectivity index (χ0) is 17.8. The summed E-state index contributed by atoms with van der Waals surface area (Å²) in [6.07, 6.45) is 5.33. The molecule has 3 aliphatic rings. The highest BCUT2D eigenvalue weighted by Crippen LogP contribution is 2.52. The van der Waals surface area contributed by atoms with E-state index in [0.717, 1.165) is 39.2 Å². The van der Waals surface area contributed by atoms with Crippen LogP contribution in [-0.4, -0.2) is 17.9 Å². The fourth-order valence-corrected chi connectivity index (χ4v) is 4.78. The number of ether oxygens (including phenoxy) is 2. The summed E-state index contributed by atoms with van der Waals surface area (Å²) in [7, 11) is 0. The van der Waals surface area contributed by atoms with Crippen molar-refractivity contribution >= 4 is 27.6 Å². The molecule has 0 spiro atoms. The van der Waals surface area contributed by atoms with Gasteiger partial charge in [0, 0.05) is 16.1 Å². The first-order chi connectivity index (χ1) is 12.6. The lowest BCUT2D eigenvalue weighted by Gasteiger charge is -2.38. The summed E-state index contributed by atoms with van der Waals surface area (Å²) in [5.41, 5.74) is 3.49. The molecule has 5 nitrogen and oxygen atoms in total. The molecule has 0 fully saturated rings. The maximum Gasteiger partial charge on any atom is 0.335 e. The summed E-state index contributed by atoms with van der Waals surface area (Å²) in [5, 5.41) is 12.9. The van der Waals surface area contributed by atoms with E-state index in [-0.39, 0.29) is 18.8 Å². The lowest BCUT2D eigenvalue weighted by atomic mass is 9.76. The molecule has 0 saturated heterocycles. The molecular formula is C20H16BrNO4. The highest BCUT2D eigenvalue weighted by atomic mass is 79.9. The first-order valence-corrected chi connectivity index (χ1v) is 9.30. The van der Waals surface area contributed by atoms with Crippen LogP contribution >= 0.6 is 15.9 Å². The average molecular weight is 414 g/mol. The van der Waals surface area contributed by atoms with E-state index in [4.69, 9.17) is 9.47 Å². The van der Waals surface area contributed by atoms with Gasteiger partial charge >= 0.3 is 5.97 Å². The second-order valence-electron chi connectivity index (χ2n) is 6.81. The maximum atomic E-state index is 11.3. The van der Waals surface area contributed by atoms with Crippen molar-refractivity contribution in [1.29, 1.82) is 0 Å². The average Bonchev–Trinajstić information content (AvgIpc) is 3.29. The molecule has 0 amide bonds. The lowest BCUT2D eigenvalue weighted by molar-refractivity contribution is 0.0696. The van der Waals surface area contributed by atoms with Gasteiger partial charge in [-0.25, -0.2) is 4.79 Å². The van der Waals surface area contributed by atoms with Crippen molar-refractivity contribution in [2.75, 3.05) is 12.1 Å². The number of benzene rings is 2. The molecule has 2 aliphatic heterocycles. The van der Waals surface area contributed by atoms with Crippen LogP contribution in [0.2, 0.25) is 0 Å². The zero-order valence-corrected chi connectivity index (χ0v) is 15.3. The molecule has 6 heteroatoms. The van der Waals surface area contributed by atoms with E-state index in [0.29, 0.717) is 11.5 Å². The highest BCUT2D eigenvalue weighted by molar-refractivity contribution is 9.10. The molecule has 2 aromatic rings. The number of halogens is 1. The van der Waals surface area contributed by atoms with Crippen LogP contribution < -0.4 is 14.8 Å². The molecule has 1 aliphatic carbocycles. The Balaban J connectivity index is 1.59. The summed E-state index contributed by atoms with van der Waals surface area (Å²) in [6, 6.07) is 9.41. The number of aromatic carboxylic acids is 1. The number of carboxylic acids is 1. The van der Waals surface area contributed by atoms with Crippen molar-refractivity contribution in [1.82, 2.24) is 0 Å². The molecule has 0 unspecified atom stereocenters. The van der Waals surface area contributed by atoms with Gasteiger partial charge in [0.15, 0.2) is 11.5 Å². The van der Waals surface area contributed by atoms with Crippen LogP contribution in [0.3, 0.4) is 0 Å². The number of carboxylic acid groups (broad SMARTS) is 1. The quantitative estimate of drug-likeness (QED) is 0.698. The molecule has 0 bridgehead atoms. The first kappa shape index (κ1) is 15.8. The highest BCUT2D eigenvalue weighted by Gasteiger charge is 2.39. The summed E-state index contributed by atoms with van der Waals surface area (Å²) in [4.78, 5) is 11.3. The normalized spacial score (nSPS) is 24.7. The van der Waals surface area contributed by atoms with Crippen molar-refractivity contribution in [3.8, 4) is 11.5 Å². The predicted octanol–water partition coefficient (Wildman–Crippen LogP) is 4.70. The summed E-state index contributed by atoms with van der Waals surface area (Å²) in [6.45, 7) is 0.248. The molecule has 0 radical (unpaired) electrons. The van der Waals surface area contributed by atoms with Gasteiger partial charge < -0.3 is 19.9 Å². The number of carbonyl (C=O) groups is 1. The Morgan fingerprint density at radius 2 is 1.96 bits per heavy atom. The molecular weight excluding hydrogens is 398 g/mol. The van der Waals surface area contributed by atoms with Crippen molar-refractivity contribution in [3.05, 3.63) is 63.6 Å². The SMILES string of the molecule is O=C(O)c1ccc2c(c1)[C@@H]1C=CC[C@@H]1[C@H](c1cc3c(cc1Br)OCO3)N2. The van der Waals surface area contributed by atoms with Gasteiger partial charge in [-0.2, -0.15) is 0 Å². The molecule has 2 N–H and O–H groups in total. The van der Waals surface area contributed by atoms with Crippen LogP contribution in [0.15, 0.2) is 47.0 Å². The molecule has 0 saturated carbocycles. The van der Waals surface area contributed by atoms with Crippen LogP contribution in [0.4, 0.5) is 5.69 Å². The van der Waals surface area contributed by atoms with Gasteiger partial charge in [0.2, 0.25) is 6.79 Å². The van der Waals surface area contributed by atoms with Crippen LogP contribution in [-0.2, 0) is 0 Å². The van der Waals surface area contributed by atoms with E-state index >= 15 is 0 Å². The van der Waals surface area contributed by atoms with Gasteiger partial charge in [-0.05, 0) is 53.8 Å². The minimum Gasteiger partial charge on any atom is -0.478 e. The van der Waals surface area contributed by atoms with Crippen LogP contribution in [0, 0.1) is 5.92 Å². The third-order valence-electron chi connectivity index (χ3n) is 5.44. The molecule has 0 aromatic heterocycles. The number of hydrogen-bond donors (Lipinski definition) is 2. The maximum absolute atomic E-state index is 11.3. The Kier molecular flexibility index (Phi) is 3.50. The first-order valence-electron chi connectivity index (χ1n) is 8.51. The van der Waals surface area contributed by atoms with Gasteiger partial charge in [-0.15, -0.1) is 0 Å². The number of nitrogens with one attached hydrogen (secondary N) is 1. The Bertz CT molecular complexity index is 955. The fourth-order valence-electron chi connectivity index (χ4n) is 4.21. The topological polar surface area (TPSA) is 67.8 Å². The van der Waals surface area contributed by atoms with E-state index < -0.39 is 5.97 Å². The Labute approximate surface area is 158 Å². The fraction of sp³-hybridized carbons (Fsp3) is 0.250. The van der Waals surface area contributed by atoms with Crippen molar-refractivity contribution in [2.24, 2.45) is 5.92 Å². The number of hydrogen-bond acceptors (Lipinski definition) is 4. The monoisotopic (exact) mass is 413 g/mol. The van der Waals surface area contributed by atoms with E-state index in [1.807, 2.05) is 18.2 Å². The zero-order valence-electron chi connectivity index (χ0n) is 13.7. The van der Waals surface area contributed by atoms with Crippen LogP contribution in [0.25, 0.3) is 0 Å². The lowest BCUT2D eigenvalue weighted by Crippen LogP contribution is -2.29. The minimum absolute atomic E-state index is 0.0991. The number of allylic oxidation sites excluding steroid dienone is 2. The molecule has 2 aromatic carbocycles. The number of rotatable bonds is 2. The second kappa shape index (κ2) is 5.77. The van der Waals surface area contributed by atoms with Gasteiger partial charge in [0.05, 0.1) is 11.6 Å². The second-order valence-corrected chi connectivity index (χ2v) is 7.66.